The molecule has 2 amide bonds. The third-order valence-corrected chi connectivity index (χ3v) is 3.74. The molecule has 0 spiro atoms. The van der Waals surface area contributed by atoms with Gasteiger partial charge in [0.05, 0.1) is 0 Å². The highest BCUT2D eigenvalue weighted by Gasteiger charge is 2.19. The van der Waals surface area contributed by atoms with E-state index < -0.39 is 6.10 Å². The fourth-order valence-electron chi connectivity index (χ4n) is 2.42. The number of methoxy groups -OCH3 is 1. The summed E-state index contributed by atoms with van der Waals surface area (Å²) in [5.41, 5.74) is 8.28. The minimum Gasteiger partial charge on any atom is -0.384 e. The number of benzene rings is 2. The van der Waals surface area contributed by atoms with Crippen molar-refractivity contribution in [1.82, 2.24) is 5.32 Å². The van der Waals surface area contributed by atoms with Gasteiger partial charge >= 0.3 is 0 Å². The van der Waals surface area contributed by atoms with Crippen LogP contribution in [-0.2, 0) is 20.9 Å². The lowest BCUT2D eigenvalue weighted by atomic mass is 10.1. The Morgan fingerprint density at radius 1 is 1.12 bits per heavy atom. The Labute approximate surface area is 152 Å². The van der Waals surface area contributed by atoms with Gasteiger partial charge in [0.2, 0.25) is 5.91 Å². The van der Waals surface area contributed by atoms with Crippen LogP contribution in [0.4, 0.5) is 5.69 Å². The van der Waals surface area contributed by atoms with Gasteiger partial charge in [-0.05, 0) is 23.3 Å². The number of carbonyl (C=O) groups excluding carboxylic acids is 2. The molecule has 1 atom stereocenters. The van der Waals surface area contributed by atoms with E-state index in [2.05, 4.69) is 10.6 Å². The van der Waals surface area contributed by atoms with Gasteiger partial charge in [0, 0.05) is 31.8 Å². The lowest BCUT2D eigenvalue weighted by Crippen LogP contribution is -2.30. The van der Waals surface area contributed by atoms with E-state index in [-0.39, 0.29) is 17.6 Å². The summed E-state index contributed by atoms with van der Waals surface area (Å²) in [4.78, 5) is 23.5. The molecule has 0 aliphatic carbocycles. The van der Waals surface area contributed by atoms with Crippen molar-refractivity contribution in [2.75, 3.05) is 12.4 Å². The van der Waals surface area contributed by atoms with Gasteiger partial charge in [-0.1, -0.05) is 36.4 Å². The van der Waals surface area contributed by atoms with Crippen LogP contribution in [0.3, 0.4) is 0 Å². The van der Waals surface area contributed by atoms with E-state index in [9.17, 15) is 9.59 Å². The first-order valence-corrected chi connectivity index (χ1v) is 8.02. The van der Waals surface area contributed by atoms with Gasteiger partial charge in [0.15, 0.2) is 6.10 Å². The van der Waals surface area contributed by atoms with Crippen molar-refractivity contribution in [3.05, 3.63) is 65.2 Å². The Morgan fingerprint density at radius 3 is 2.23 bits per heavy atom. The zero-order valence-electron chi connectivity index (χ0n) is 14.7. The highest BCUT2D eigenvalue weighted by molar-refractivity contribution is 5.94. The van der Waals surface area contributed by atoms with E-state index in [1.807, 2.05) is 0 Å². The molecular weight excluding hydrogens is 332 g/mol. The standard InChI is InChI=1S/C19H22N4O3/c1-12(24)23-16-9-7-14(8-10-16)17(26-2)19(25)22-11-13-3-5-15(6-4-13)18(20)21/h3-10,17H,11H2,1-2H3,(H3,20,21)(H,22,25)(H,23,24). The molecule has 0 bridgehead atoms. The summed E-state index contributed by atoms with van der Waals surface area (Å²) in [5, 5.41) is 12.9. The van der Waals surface area contributed by atoms with E-state index in [0.717, 1.165) is 5.56 Å². The van der Waals surface area contributed by atoms with Gasteiger partial charge in [-0.2, -0.15) is 0 Å². The Balaban J connectivity index is 1.99. The second-order valence-electron chi connectivity index (χ2n) is 5.75. The molecule has 0 aliphatic rings. The molecule has 2 rings (SSSR count). The van der Waals surface area contributed by atoms with E-state index in [0.29, 0.717) is 23.4 Å². The van der Waals surface area contributed by atoms with Crippen LogP contribution >= 0.6 is 0 Å². The third kappa shape index (κ3) is 5.15. The predicted octanol–water partition coefficient (Wildman–Crippen LogP) is 1.93. The van der Waals surface area contributed by atoms with Crippen LogP contribution in [0.5, 0.6) is 0 Å². The summed E-state index contributed by atoms with van der Waals surface area (Å²) in [6.07, 6.45) is -0.752. The highest BCUT2D eigenvalue weighted by atomic mass is 16.5. The van der Waals surface area contributed by atoms with E-state index in [1.165, 1.54) is 14.0 Å². The number of anilines is 1. The van der Waals surface area contributed by atoms with Crippen LogP contribution in [-0.4, -0.2) is 24.8 Å². The number of amides is 2. The van der Waals surface area contributed by atoms with Gasteiger partial charge < -0.3 is 21.1 Å². The molecule has 5 N–H and O–H groups in total. The van der Waals surface area contributed by atoms with Crippen LogP contribution < -0.4 is 16.4 Å². The number of nitrogen functional groups attached to an aromatic ring is 1. The molecule has 136 valence electrons. The summed E-state index contributed by atoms with van der Waals surface area (Å²) in [6.45, 7) is 1.77. The lowest BCUT2D eigenvalue weighted by molar-refractivity contribution is -0.131. The molecule has 0 aromatic heterocycles. The average molecular weight is 354 g/mol. The van der Waals surface area contributed by atoms with E-state index in [4.69, 9.17) is 15.9 Å². The second kappa shape index (κ2) is 8.77. The fraction of sp³-hybridized carbons (Fsp3) is 0.211. The summed E-state index contributed by atoms with van der Waals surface area (Å²) in [5.74, 6) is -0.423. The maximum absolute atomic E-state index is 12.4. The first-order valence-electron chi connectivity index (χ1n) is 8.02. The molecule has 0 heterocycles. The Morgan fingerprint density at radius 2 is 1.73 bits per heavy atom. The minimum absolute atomic E-state index is 0.00254. The maximum atomic E-state index is 12.4. The monoisotopic (exact) mass is 354 g/mol. The normalized spacial score (nSPS) is 11.5. The zero-order chi connectivity index (χ0) is 19.1. The summed E-state index contributed by atoms with van der Waals surface area (Å²) in [7, 11) is 1.47. The first-order chi connectivity index (χ1) is 12.4. The molecule has 0 saturated carbocycles. The van der Waals surface area contributed by atoms with Crippen LogP contribution in [0.25, 0.3) is 0 Å². The molecule has 7 nitrogen and oxygen atoms in total. The quantitative estimate of drug-likeness (QED) is 0.449. The fourth-order valence-corrected chi connectivity index (χ4v) is 2.42. The molecular formula is C19H22N4O3. The highest BCUT2D eigenvalue weighted by Crippen LogP contribution is 2.19. The van der Waals surface area contributed by atoms with Gasteiger partial charge in [0.25, 0.3) is 5.91 Å². The number of hydrogen-bond donors (Lipinski definition) is 4. The van der Waals surface area contributed by atoms with Crippen LogP contribution in [0.2, 0.25) is 0 Å². The summed E-state index contributed by atoms with van der Waals surface area (Å²) >= 11 is 0. The third-order valence-electron chi connectivity index (χ3n) is 3.74. The first kappa shape index (κ1) is 19.1. The van der Waals surface area contributed by atoms with Crippen LogP contribution in [0.15, 0.2) is 48.5 Å². The SMILES string of the molecule is COC(C(=O)NCc1ccc(C(=N)N)cc1)c1ccc(NC(C)=O)cc1. The zero-order valence-corrected chi connectivity index (χ0v) is 14.7. The summed E-state index contributed by atoms with van der Waals surface area (Å²) < 4.78 is 5.31. The summed E-state index contributed by atoms with van der Waals surface area (Å²) in [6, 6.07) is 14.0. The van der Waals surface area contributed by atoms with Gasteiger partial charge in [0.1, 0.15) is 5.84 Å². The molecule has 26 heavy (non-hydrogen) atoms. The van der Waals surface area contributed by atoms with Crippen molar-refractivity contribution >= 4 is 23.3 Å². The molecule has 0 saturated heterocycles. The van der Waals surface area contributed by atoms with Crippen molar-refractivity contribution in [3.8, 4) is 0 Å². The predicted molar refractivity (Wildman–Crippen MR) is 99.8 cm³/mol. The number of ether oxygens (including phenoxy) is 1. The molecule has 0 aliphatic heterocycles. The van der Waals surface area contributed by atoms with Crippen molar-refractivity contribution in [3.63, 3.8) is 0 Å². The van der Waals surface area contributed by atoms with Crippen molar-refractivity contribution in [2.24, 2.45) is 5.73 Å². The van der Waals surface area contributed by atoms with E-state index >= 15 is 0 Å². The molecule has 1 unspecified atom stereocenters. The Bertz CT molecular complexity index is 785. The second-order valence-corrected chi connectivity index (χ2v) is 5.75. The van der Waals surface area contributed by atoms with Crippen LogP contribution in [0, 0.1) is 5.41 Å². The Hall–Kier alpha value is -3.19. The van der Waals surface area contributed by atoms with Crippen molar-refractivity contribution < 1.29 is 14.3 Å². The minimum atomic E-state index is -0.752. The number of amidine groups is 1. The van der Waals surface area contributed by atoms with E-state index in [1.54, 1.807) is 48.5 Å². The molecule has 2 aromatic carbocycles. The van der Waals surface area contributed by atoms with Crippen molar-refractivity contribution in [2.45, 2.75) is 19.6 Å². The number of rotatable bonds is 7. The average Bonchev–Trinajstić information content (AvgIpc) is 2.62. The molecule has 7 heteroatoms. The Kier molecular flexibility index (Phi) is 6.46. The molecule has 2 aromatic rings. The number of nitrogens with two attached hydrogens (primary N) is 1. The lowest BCUT2D eigenvalue weighted by Gasteiger charge is -2.16. The van der Waals surface area contributed by atoms with Gasteiger partial charge in [-0.3, -0.25) is 15.0 Å². The molecule has 0 fully saturated rings. The van der Waals surface area contributed by atoms with Gasteiger partial charge in [-0.25, -0.2) is 0 Å². The number of nitrogens with one attached hydrogen (secondary N) is 3. The van der Waals surface area contributed by atoms with Crippen molar-refractivity contribution in [1.29, 1.82) is 5.41 Å². The molecule has 0 radical (unpaired) electrons. The smallest absolute Gasteiger partial charge is 0.254 e. The maximum Gasteiger partial charge on any atom is 0.254 e. The van der Waals surface area contributed by atoms with Crippen LogP contribution in [0.1, 0.15) is 29.7 Å². The van der Waals surface area contributed by atoms with Gasteiger partial charge in [-0.15, -0.1) is 0 Å². The number of carbonyl (C=O) groups is 2. The topological polar surface area (TPSA) is 117 Å². The largest absolute Gasteiger partial charge is 0.384 e. The number of hydrogen-bond acceptors (Lipinski definition) is 4.